The van der Waals surface area contributed by atoms with Gasteiger partial charge in [0.2, 0.25) is 0 Å². The van der Waals surface area contributed by atoms with Crippen LogP contribution in [0.5, 0.6) is 5.75 Å². The second kappa shape index (κ2) is 9.93. The van der Waals surface area contributed by atoms with Gasteiger partial charge in [-0.1, -0.05) is 29.8 Å². The average molecular weight is 430 g/mol. The van der Waals surface area contributed by atoms with Gasteiger partial charge >= 0.3 is 11.6 Å². The number of rotatable bonds is 8. The van der Waals surface area contributed by atoms with Gasteiger partial charge in [0, 0.05) is 17.0 Å². The number of nitrogens with one attached hydrogen (secondary N) is 1. The molecule has 0 spiro atoms. The third kappa shape index (κ3) is 5.61. The van der Waals surface area contributed by atoms with E-state index < -0.39 is 17.5 Å². The lowest BCUT2D eigenvalue weighted by Gasteiger charge is -2.09. The van der Waals surface area contributed by atoms with E-state index >= 15 is 0 Å². The van der Waals surface area contributed by atoms with Gasteiger partial charge in [0.1, 0.15) is 16.9 Å². The third-order valence-corrected chi connectivity index (χ3v) is 4.67. The molecule has 0 bridgehead atoms. The monoisotopic (exact) mass is 429 g/mol. The Bertz CT molecular complexity index is 1120. The summed E-state index contributed by atoms with van der Waals surface area (Å²) in [5.74, 6) is -0.540. The third-order valence-electron chi connectivity index (χ3n) is 4.24. The topological polar surface area (TPSA) is 94.8 Å². The molecular weight excluding hydrogens is 410 g/mol. The number of para-hydroxylation sites is 1. The fourth-order valence-corrected chi connectivity index (χ4v) is 2.78. The molecule has 3 aromatic rings. The van der Waals surface area contributed by atoms with E-state index in [0.717, 1.165) is 5.56 Å². The van der Waals surface area contributed by atoms with Gasteiger partial charge in [-0.3, -0.25) is 4.79 Å². The van der Waals surface area contributed by atoms with Gasteiger partial charge in [-0.2, -0.15) is 0 Å². The molecule has 1 aromatic heterocycles. The zero-order valence-electron chi connectivity index (χ0n) is 16.3. The highest BCUT2D eigenvalue weighted by molar-refractivity contribution is 6.31. The zero-order valence-corrected chi connectivity index (χ0v) is 17.0. The largest absolute Gasteiger partial charge is 0.482 e. The maximum Gasteiger partial charge on any atom is 0.349 e. The molecule has 1 N–H and O–H groups in total. The van der Waals surface area contributed by atoms with Gasteiger partial charge in [0.05, 0.1) is 6.61 Å². The minimum absolute atomic E-state index is 0.0719. The van der Waals surface area contributed by atoms with Crippen molar-refractivity contribution in [2.75, 3.05) is 19.8 Å². The molecule has 0 saturated carbocycles. The molecule has 156 valence electrons. The van der Waals surface area contributed by atoms with Crippen molar-refractivity contribution in [1.82, 2.24) is 5.32 Å². The van der Waals surface area contributed by atoms with Gasteiger partial charge < -0.3 is 19.2 Å². The summed E-state index contributed by atoms with van der Waals surface area (Å²) in [6.45, 7) is 1.94. The SMILES string of the molecule is Cc1cc(OCC(=O)OCCCNC(=O)c2cc3ccccc3oc2=O)ccc1Cl. The summed E-state index contributed by atoms with van der Waals surface area (Å²) >= 11 is 5.94. The maximum absolute atomic E-state index is 12.2. The number of carbonyl (C=O) groups is 2. The predicted octanol–water partition coefficient (Wildman–Crippen LogP) is 3.50. The second-order valence-corrected chi connectivity index (χ2v) is 6.92. The molecule has 3 rings (SSSR count). The molecule has 1 heterocycles. The number of amides is 1. The summed E-state index contributed by atoms with van der Waals surface area (Å²) in [6.07, 6.45) is 0.385. The molecule has 2 aromatic carbocycles. The molecule has 0 aliphatic rings. The lowest BCUT2D eigenvalue weighted by Crippen LogP contribution is -2.29. The Morgan fingerprint density at radius 2 is 1.93 bits per heavy atom. The van der Waals surface area contributed by atoms with Crippen LogP contribution in [0.2, 0.25) is 5.02 Å². The Labute approximate surface area is 177 Å². The van der Waals surface area contributed by atoms with Crippen LogP contribution >= 0.6 is 11.6 Å². The van der Waals surface area contributed by atoms with Gasteiger partial charge in [-0.05, 0) is 49.2 Å². The van der Waals surface area contributed by atoms with Crippen LogP contribution in [0.1, 0.15) is 22.3 Å². The molecule has 0 atom stereocenters. The Balaban J connectivity index is 1.39. The number of aryl methyl sites for hydroxylation is 1. The first kappa shape index (κ1) is 21.4. The van der Waals surface area contributed by atoms with Crippen molar-refractivity contribution in [1.29, 1.82) is 0 Å². The quantitative estimate of drug-likeness (QED) is 0.334. The first-order valence-corrected chi connectivity index (χ1v) is 9.67. The molecule has 1 amide bonds. The summed E-state index contributed by atoms with van der Waals surface area (Å²) < 4.78 is 15.6. The van der Waals surface area contributed by atoms with Crippen LogP contribution in [0.4, 0.5) is 0 Å². The van der Waals surface area contributed by atoms with Crippen LogP contribution in [0.3, 0.4) is 0 Å². The van der Waals surface area contributed by atoms with Crippen molar-refractivity contribution in [3.05, 3.63) is 75.1 Å². The standard InChI is InChI=1S/C22H20ClNO6/c1-14-11-16(7-8-18(14)23)29-13-20(25)28-10-4-9-24-21(26)17-12-15-5-2-3-6-19(15)30-22(17)27/h2-3,5-8,11-12H,4,9-10,13H2,1H3,(H,24,26). The summed E-state index contributed by atoms with van der Waals surface area (Å²) in [6, 6.07) is 13.5. The van der Waals surface area contributed by atoms with Crippen molar-refractivity contribution < 1.29 is 23.5 Å². The van der Waals surface area contributed by atoms with E-state index in [2.05, 4.69) is 5.32 Å². The molecule has 8 heteroatoms. The number of benzene rings is 2. The first-order chi connectivity index (χ1) is 14.4. The van der Waals surface area contributed by atoms with Crippen LogP contribution in [-0.4, -0.2) is 31.6 Å². The Kier molecular flexibility index (Phi) is 7.08. The molecule has 0 aliphatic carbocycles. The number of carbonyl (C=O) groups excluding carboxylic acids is 2. The fraction of sp³-hybridized carbons (Fsp3) is 0.227. The molecule has 30 heavy (non-hydrogen) atoms. The van der Waals surface area contributed by atoms with Gasteiger partial charge in [-0.15, -0.1) is 0 Å². The number of fused-ring (bicyclic) bond motifs is 1. The predicted molar refractivity (Wildman–Crippen MR) is 112 cm³/mol. The molecule has 0 saturated heterocycles. The number of ether oxygens (including phenoxy) is 2. The normalized spacial score (nSPS) is 10.6. The average Bonchev–Trinajstić information content (AvgIpc) is 2.73. The number of esters is 1. The minimum atomic E-state index is -0.702. The first-order valence-electron chi connectivity index (χ1n) is 9.30. The minimum Gasteiger partial charge on any atom is -0.482 e. The fourth-order valence-electron chi connectivity index (χ4n) is 2.67. The highest BCUT2D eigenvalue weighted by Gasteiger charge is 2.13. The second-order valence-electron chi connectivity index (χ2n) is 6.51. The summed E-state index contributed by atoms with van der Waals surface area (Å²) in [5.41, 5.74) is 0.491. The summed E-state index contributed by atoms with van der Waals surface area (Å²) in [7, 11) is 0. The van der Waals surface area contributed by atoms with E-state index in [0.29, 0.717) is 28.2 Å². The molecular formula is C22H20ClNO6. The van der Waals surface area contributed by atoms with Crippen LogP contribution in [-0.2, 0) is 9.53 Å². The van der Waals surface area contributed by atoms with Gasteiger partial charge in [0.15, 0.2) is 6.61 Å². The number of halogens is 1. The van der Waals surface area contributed by atoms with Crippen LogP contribution in [0, 0.1) is 6.92 Å². The Morgan fingerprint density at radius 3 is 2.73 bits per heavy atom. The van der Waals surface area contributed by atoms with E-state index in [1.807, 2.05) is 6.92 Å². The molecule has 7 nitrogen and oxygen atoms in total. The van der Waals surface area contributed by atoms with Crippen molar-refractivity contribution in [3.8, 4) is 5.75 Å². The van der Waals surface area contributed by atoms with E-state index in [1.165, 1.54) is 6.07 Å². The molecule has 0 aliphatic heterocycles. The van der Waals surface area contributed by atoms with E-state index in [1.54, 1.807) is 42.5 Å². The highest BCUT2D eigenvalue weighted by Crippen LogP contribution is 2.21. The van der Waals surface area contributed by atoms with Gasteiger partial charge in [0.25, 0.3) is 5.91 Å². The van der Waals surface area contributed by atoms with E-state index in [4.69, 9.17) is 25.5 Å². The van der Waals surface area contributed by atoms with Crippen molar-refractivity contribution in [3.63, 3.8) is 0 Å². The molecule has 0 unspecified atom stereocenters. The Hall–Kier alpha value is -3.32. The Morgan fingerprint density at radius 1 is 1.13 bits per heavy atom. The van der Waals surface area contributed by atoms with Crippen LogP contribution in [0.15, 0.2) is 57.7 Å². The molecule has 0 radical (unpaired) electrons. The van der Waals surface area contributed by atoms with Crippen LogP contribution < -0.4 is 15.7 Å². The van der Waals surface area contributed by atoms with E-state index in [9.17, 15) is 14.4 Å². The van der Waals surface area contributed by atoms with Crippen LogP contribution in [0.25, 0.3) is 11.0 Å². The number of hydrogen-bond donors (Lipinski definition) is 1. The van der Waals surface area contributed by atoms with Crippen molar-refractivity contribution in [2.24, 2.45) is 0 Å². The van der Waals surface area contributed by atoms with Crippen molar-refractivity contribution in [2.45, 2.75) is 13.3 Å². The number of hydrogen-bond acceptors (Lipinski definition) is 6. The van der Waals surface area contributed by atoms with E-state index in [-0.39, 0.29) is 25.3 Å². The maximum atomic E-state index is 12.2. The highest BCUT2D eigenvalue weighted by atomic mass is 35.5. The molecule has 0 fully saturated rings. The summed E-state index contributed by atoms with van der Waals surface area (Å²) in [4.78, 5) is 35.9. The lowest BCUT2D eigenvalue weighted by atomic mass is 10.2. The van der Waals surface area contributed by atoms with Crippen molar-refractivity contribution >= 4 is 34.4 Å². The van der Waals surface area contributed by atoms with Gasteiger partial charge in [-0.25, -0.2) is 9.59 Å². The summed E-state index contributed by atoms with van der Waals surface area (Å²) in [5, 5.41) is 3.89. The zero-order chi connectivity index (χ0) is 21.5. The smallest absolute Gasteiger partial charge is 0.349 e. The lowest BCUT2D eigenvalue weighted by molar-refractivity contribution is -0.146.